The van der Waals surface area contributed by atoms with E-state index in [9.17, 15) is 13.2 Å². The topological polar surface area (TPSA) is 75.7 Å². The summed E-state index contributed by atoms with van der Waals surface area (Å²) in [6.07, 6.45) is 1.42. The van der Waals surface area contributed by atoms with Gasteiger partial charge in [-0.3, -0.25) is 4.79 Å². The Labute approximate surface area is 161 Å². The van der Waals surface area contributed by atoms with Gasteiger partial charge in [-0.25, -0.2) is 13.1 Å². The van der Waals surface area contributed by atoms with E-state index >= 15 is 0 Å². The molecule has 6 nitrogen and oxygen atoms in total. The van der Waals surface area contributed by atoms with E-state index in [1.165, 1.54) is 36.6 Å². The van der Waals surface area contributed by atoms with Crippen molar-refractivity contribution in [2.45, 2.75) is 23.8 Å². The van der Waals surface area contributed by atoms with E-state index in [2.05, 4.69) is 4.72 Å². The normalized spacial score (nSPS) is 17.9. The second kappa shape index (κ2) is 7.96. The van der Waals surface area contributed by atoms with Crippen LogP contribution in [0.4, 0.5) is 0 Å². The minimum atomic E-state index is -3.74. The zero-order valence-electron chi connectivity index (χ0n) is 14.1. The number of carbonyl (C=O) groups is 1. The minimum absolute atomic E-state index is 0.0589. The number of amides is 1. The molecule has 2 heterocycles. The summed E-state index contributed by atoms with van der Waals surface area (Å²) in [4.78, 5) is 14.9. The molecule has 3 rings (SSSR count). The van der Waals surface area contributed by atoms with E-state index < -0.39 is 10.0 Å². The molecule has 1 fully saturated rings. The van der Waals surface area contributed by atoms with Gasteiger partial charge in [0.2, 0.25) is 10.0 Å². The number of hydrogen-bond acceptors (Lipinski definition) is 5. The van der Waals surface area contributed by atoms with Gasteiger partial charge in [0.15, 0.2) is 0 Å². The van der Waals surface area contributed by atoms with E-state index in [-0.39, 0.29) is 21.9 Å². The largest absolute Gasteiger partial charge is 0.495 e. The maximum atomic E-state index is 12.6. The van der Waals surface area contributed by atoms with Crippen molar-refractivity contribution in [2.75, 3.05) is 20.2 Å². The second-order valence-electron chi connectivity index (χ2n) is 5.99. The number of sulfonamides is 1. The zero-order chi connectivity index (χ0) is 18.7. The summed E-state index contributed by atoms with van der Waals surface area (Å²) in [6.45, 7) is 0.975. The summed E-state index contributed by atoms with van der Waals surface area (Å²) < 4.78 is 33.0. The molecule has 26 heavy (non-hydrogen) atoms. The predicted octanol–water partition coefficient (Wildman–Crippen LogP) is 2.99. The number of ether oxygens (including phenoxy) is 1. The molecule has 0 saturated carbocycles. The Balaban J connectivity index is 1.71. The average molecular weight is 415 g/mol. The third kappa shape index (κ3) is 4.20. The fourth-order valence-electron chi connectivity index (χ4n) is 2.92. The molecule has 2 aromatic rings. The highest BCUT2D eigenvalue weighted by molar-refractivity contribution is 7.89. The first kappa shape index (κ1) is 19.2. The van der Waals surface area contributed by atoms with Gasteiger partial charge in [0.05, 0.1) is 21.9 Å². The molecular formula is C17H19ClN2O4S2. The molecule has 0 radical (unpaired) electrons. The van der Waals surface area contributed by atoms with Crippen LogP contribution in [0.2, 0.25) is 5.02 Å². The molecule has 140 valence electrons. The van der Waals surface area contributed by atoms with Gasteiger partial charge in [0, 0.05) is 19.1 Å². The van der Waals surface area contributed by atoms with Crippen LogP contribution < -0.4 is 9.46 Å². The highest BCUT2D eigenvalue weighted by Gasteiger charge is 2.28. The van der Waals surface area contributed by atoms with Gasteiger partial charge in [-0.1, -0.05) is 17.7 Å². The number of carbonyl (C=O) groups excluding carboxylic acids is 1. The number of thiophene rings is 1. The maximum Gasteiger partial charge on any atom is 0.263 e. The molecule has 0 aliphatic carbocycles. The molecule has 1 unspecified atom stereocenters. The lowest BCUT2D eigenvalue weighted by Crippen LogP contribution is -2.49. The Bertz CT molecular complexity index is 884. The van der Waals surface area contributed by atoms with Crippen molar-refractivity contribution in [3.05, 3.63) is 45.6 Å². The predicted molar refractivity (Wildman–Crippen MR) is 102 cm³/mol. The molecule has 0 spiro atoms. The lowest BCUT2D eigenvalue weighted by Gasteiger charge is -2.32. The lowest BCUT2D eigenvalue weighted by molar-refractivity contribution is 0.0708. The van der Waals surface area contributed by atoms with E-state index in [1.54, 1.807) is 11.0 Å². The van der Waals surface area contributed by atoms with Crippen LogP contribution >= 0.6 is 22.9 Å². The highest BCUT2D eigenvalue weighted by Crippen LogP contribution is 2.27. The summed E-state index contributed by atoms with van der Waals surface area (Å²) in [6, 6.07) is 7.60. The summed E-state index contributed by atoms with van der Waals surface area (Å²) in [7, 11) is -2.27. The summed E-state index contributed by atoms with van der Waals surface area (Å²) in [5, 5.41) is 2.08. The van der Waals surface area contributed by atoms with E-state index in [4.69, 9.17) is 16.3 Å². The van der Waals surface area contributed by atoms with Crippen LogP contribution in [0.5, 0.6) is 5.75 Å². The van der Waals surface area contributed by atoms with Crippen molar-refractivity contribution in [1.29, 1.82) is 0 Å². The number of piperidine rings is 1. The van der Waals surface area contributed by atoms with Crippen LogP contribution in [0, 0.1) is 0 Å². The number of rotatable bonds is 5. The Morgan fingerprint density at radius 1 is 1.38 bits per heavy atom. The van der Waals surface area contributed by atoms with Crippen molar-refractivity contribution in [2.24, 2.45) is 0 Å². The quantitative estimate of drug-likeness (QED) is 0.816. The Kier molecular flexibility index (Phi) is 5.86. The molecular weight excluding hydrogens is 396 g/mol. The first-order valence-corrected chi connectivity index (χ1v) is 10.8. The van der Waals surface area contributed by atoms with Crippen LogP contribution in [-0.4, -0.2) is 45.5 Å². The number of nitrogens with one attached hydrogen (secondary N) is 1. The average Bonchev–Trinajstić information content (AvgIpc) is 3.15. The van der Waals surface area contributed by atoms with Gasteiger partial charge in [-0.05, 0) is 42.5 Å². The van der Waals surface area contributed by atoms with Gasteiger partial charge in [-0.2, -0.15) is 0 Å². The van der Waals surface area contributed by atoms with Gasteiger partial charge >= 0.3 is 0 Å². The molecule has 0 bridgehead atoms. The Morgan fingerprint density at radius 3 is 2.85 bits per heavy atom. The SMILES string of the molecule is COc1ccc(S(=O)(=O)NC2CCCN(C(=O)c3cccs3)C2)cc1Cl. The summed E-state index contributed by atoms with van der Waals surface area (Å²) in [5.74, 6) is 0.354. The van der Waals surface area contributed by atoms with E-state index in [0.29, 0.717) is 30.1 Å². The number of nitrogens with zero attached hydrogens (tertiary/aromatic N) is 1. The van der Waals surface area contributed by atoms with Crippen LogP contribution in [0.15, 0.2) is 40.6 Å². The van der Waals surface area contributed by atoms with Crippen LogP contribution in [-0.2, 0) is 10.0 Å². The smallest absolute Gasteiger partial charge is 0.263 e. The third-order valence-electron chi connectivity index (χ3n) is 4.20. The first-order valence-electron chi connectivity index (χ1n) is 8.09. The van der Waals surface area contributed by atoms with Crippen LogP contribution in [0.25, 0.3) is 0 Å². The molecule has 1 aliphatic heterocycles. The molecule has 1 aromatic carbocycles. The second-order valence-corrected chi connectivity index (χ2v) is 9.05. The Morgan fingerprint density at radius 2 is 2.19 bits per heavy atom. The fraction of sp³-hybridized carbons (Fsp3) is 0.353. The van der Waals surface area contributed by atoms with Gasteiger partial charge in [0.25, 0.3) is 5.91 Å². The summed E-state index contributed by atoms with van der Waals surface area (Å²) >= 11 is 7.42. The lowest BCUT2D eigenvalue weighted by atomic mass is 10.1. The molecule has 1 aromatic heterocycles. The van der Waals surface area contributed by atoms with Crippen LogP contribution in [0.1, 0.15) is 22.5 Å². The van der Waals surface area contributed by atoms with E-state index in [1.807, 2.05) is 11.4 Å². The standard InChI is InChI=1S/C17H19ClN2O4S2/c1-24-15-7-6-13(10-14(15)18)26(22,23)19-12-4-2-8-20(11-12)17(21)16-5-3-9-25-16/h3,5-7,9-10,12,19H,2,4,8,11H2,1H3. The molecule has 1 saturated heterocycles. The fourth-order valence-corrected chi connectivity index (χ4v) is 5.22. The number of likely N-dealkylation sites (tertiary alicyclic amines) is 1. The molecule has 1 atom stereocenters. The number of halogens is 1. The molecule has 1 aliphatic rings. The van der Waals surface area contributed by atoms with Crippen LogP contribution in [0.3, 0.4) is 0 Å². The van der Waals surface area contributed by atoms with Gasteiger partial charge < -0.3 is 9.64 Å². The summed E-state index contributed by atoms with van der Waals surface area (Å²) in [5.41, 5.74) is 0. The van der Waals surface area contributed by atoms with Crippen molar-refractivity contribution in [3.63, 3.8) is 0 Å². The zero-order valence-corrected chi connectivity index (χ0v) is 16.5. The highest BCUT2D eigenvalue weighted by atomic mass is 35.5. The monoisotopic (exact) mass is 414 g/mol. The van der Waals surface area contributed by atoms with Crippen molar-refractivity contribution in [1.82, 2.24) is 9.62 Å². The van der Waals surface area contributed by atoms with Gasteiger partial charge in [0.1, 0.15) is 5.75 Å². The van der Waals surface area contributed by atoms with E-state index in [0.717, 1.165) is 6.42 Å². The van der Waals surface area contributed by atoms with Crippen molar-refractivity contribution >= 4 is 38.9 Å². The number of benzene rings is 1. The minimum Gasteiger partial charge on any atom is -0.495 e. The third-order valence-corrected chi connectivity index (χ3v) is 6.87. The molecule has 9 heteroatoms. The van der Waals surface area contributed by atoms with Crippen molar-refractivity contribution in [3.8, 4) is 5.75 Å². The van der Waals surface area contributed by atoms with Gasteiger partial charge in [-0.15, -0.1) is 11.3 Å². The Hall–Kier alpha value is -1.61. The maximum absolute atomic E-state index is 12.6. The molecule has 1 amide bonds. The first-order chi connectivity index (χ1) is 12.4. The molecule has 1 N–H and O–H groups in total. The number of hydrogen-bond donors (Lipinski definition) is 1. The van der Waals surface area contributed by atoms with Crippen molar-refractivity contribution < 1.29 is 17.9 Å². The number of methoxy groups -OCH3 is 1.